The number of carboxylic acids is 1. The maximum Gasteiger partial charge on any atom is 0.303 e. The molecule has 0 aliphatic rings. The average Bonchev–Trinajstić information content (AvgIpc) is 3.10. The summed E-state index contributed by atoms with van der Waals surface area (Å²) in [5.74, 6) is -2.19. The third-order valence-corrected chi connectivity index (χ3v) is 6.38. The molecule has 3 aromatic rings. The van der Waals surface area contributed by atoms with E-state index in [4.69, 9.17) is 38.6 Å². The lowest BCUT2D eigenvalue weighted by Gasteiger charge is -2.18. The number of nitrogens with two attached hydrogens (primary N) is 3. The van der Waals surface area contributed by atoms with Gasteiger partial charge in [-0.3, -0.25) is 14.4 Å². The Labute approximate surface area is 202 Å². The number of anilines is 3. The molecule has 0 atom stereocenters. The van der Waals surface area contributed by atoms with Gasteiger partial charge in [0.05, 0.1) is 18.5 Å². The molecule has 0 aliphatic carbocycles. The first-order valence-corrected chi connectivity index (χ1v) is 10.9. The SMILES string of the molecule is COc1ccc(-c2c(C#N)c(N)nc3sc(C(N)=O)c(N)c23)c(NC(=O)CCCC(=O)O)c1Cl. The summed E-state index contributed by atoms with van der Waals surface area (Å²) in [5, 5.41) is 21.6. The number of primary amides is 1. The molecule has 2 aromatic heterocycles. The van der Waals surface area contributed by atoms with E-state index in [-0.39, 0.29) is 79.0 Å². The molecule has 0 spiro atoms. The van der Waals surface area contributed by atoms with E-state index < -0.39 is 17.8 Å². The van der Waals surface area contributed by atoms with Gasteiger partial charge in [0.25, 0.3) is 5.91 Å². The number of carboxylic acid groups (broad SMARTS) is 1. The van der Waals surface area contributed by atoms with Crippen molar-refractivity contribution in [2.45, 2.75) is 19.3 Å². The molecule has 0 bridgehead atoms. The Morgan fingerprint density at radius 2 is 2.00 bits per heavy atom. The quantitative estimate of drug-likeness (QED) is 0.306. The summed E-state index contributed by atoms with van der Waals surface area (Å²) < 4.78 is 5.25. The highest BCUT2D eigenvalue weighted by Crippen LogP contribution is 2.47. The molecule has 0 unspecified atom stereocenters. The largest absolute Gasteiger partial charge is 0.495 e. The van der Waals surface area contributed by atoms with Crippen LogP contribution in [0.2, 0.25) is 5.02 Å². The summed E-state index contributed by atoms with van der Waals surface area (Å²) in [7, 11) is 1.39. The molecule has 0 saturated heterocycles. The monoisotopic (exact) mass is 502 g/mol. The van der Waals surface area contributed by atoms with Gasteiger partial charge in [0, 0.05) is 29.4 Å². The maximum atomic E-state index is 12.6. The summed E-state index contributed by atoms with van der Waals surface area (Å²) in [4.78, 5) is 39.7. The maximum absolute atomic E-state index is 12.6. The molecule has 2 amide bonds. The molecule has 0 fully saturated rings. The van der Waals surface area contributed by atoms with Crippen molar-refractivity contribution in [2.24, 2.45) is 5.73 Å². The number of carbonyl (C=O) groups excluding carboxylic acids is 2. The van der Waals surface area contributed by atoms with Crippen molar-refractivity contribution in [3.8, 4) is 22.9 Å². The minimum Gasteiger partial charge on any atom is -0.495 e. The Balaban J connectivity index is 2.29. The Kier molecular flexibility index (Phi) is 7.09. The Morgan fingerprint density at radius 1 is 1.29 bits per heavy atom. The molecular formula is C21H19ClN6O5S. The third kappa shape index (κ3) is 4.52. The molecule has 13 heteroatoms. The smallest absolute Gasteiger partial charge is 0.303 e. The van der Waals surface area contributed by atoms with Crippen molar-refractivity contribution in [3.63, 3.8) is 0 Å². The van der Waals surface area contributed by atoms with Crippen molar-refractivity contribution in [1.29, 1.82) is 5.26 Å². The van der Waals surface area contributed by atoms with E-state index >= 15 is 0 Å². The summed E-state index contributed by atoms with van der Waals surface area (Å²) >= 11 is 7.43. The number of hydrogen-bond donors (Lipinski definition) is 5. The van der Waals surface area contributed by atoms with Crippen molar-refractivity contribution in [1.82, 2.24) is 4.98 Å². The van der Waals surface area contributed by atoms with Crippen LogP contribution < -0.4 is 27.3 Å². The molecule has 176 valence electrons. The zero-order valence-corrected chi connectivity index (χ0v) is 19.3. The molecule has 0 saturated carbocycles. The number of fused-ring (bicyclic) bond motifs is 1. The highest BCUT2D eigenvalue weighted by molar-refractivity contribution is 7.21. The number of nitrogen functional groups attached to an aromatic ring is 2. The lowest BCUT2D eigenvalue weighted by molar-refractivity contribution is -0.137. The number of nitrogens with zero attached hydrogens (tertiary/aromatic N) is 2. The fraction of sp³-hybridized carbons (Fsp3) is 0.190. The Bertz CT molecular complexity index is 1380. The number of nitrogens with one attached hydrogen (secondary N) is 1. The zero-order chi connectivity index (χ0) is 25.2. The fourth-order valence-electron chi connectivity index (χ4n) is 3.38. The normalized spacial score (nSPS) is 10.6. The van der Waals surface area contributed by atoms with E-state index in [0.717, 1.165) is 11.3 Å². The van der Waals surface area contributed by atoms with E-state index in [1.807, 2.05) is 6.07 Å². The van der Waals surface area contributed by atoms with E-state index in [1.165, 1.54) is 13.2 Å². The topological polar surface area (TPSA) is 207 Å². The fourth-order valence-corrected chi connectivity index (χ4v) is 4.64. The van der Waals surface area contributed by atoms with Crippen LogP contribution in [-0.4, -0.2) is 35.0 Å². The number of amides is 2. The predicted octanol–water partition coefficient (Wildman–Crippen LogP) is 2.95. The number of nitriles is 1. The van der Waals surface area contributed by atoms with Crippen LogP contribution in [0.25, 0.3) is 21.3 Å². The molecule has 34 heavy (non-hydrogen) atoms. The number of aliphatic carboxylic acids is 1. The second kappa shape index (κ2) is 9.82. The number of rotatable bonds is 8. The number of halogens is 1. The second-order valence-electron chi connectivity index (χ2n) is 7.05. The van der Waals surface area contributed by atoms with E-state index in [9.17, 15) is 19.6 Å². The summed E-state index contributed by atoms with van der Waals surface area (Å²) in [6.07, 6.45) is -0.175. The van der Waals surface area contributed by atoms with Crippen LogP contribution in [-0.2, 0) is 9.59 Å². The number of pyridine rings is 1. The molecule has 0 radical (unpaired) electrons. The highest BCUT2D eigenvalue weighted by atomic mass is 35.5. The highest BCUT2D eigenvalue weighted by Gasteiger charge is 2.26. The first kappa shape index (κ1) is 24.6. The molecule has 2 heterocycles. The minimum absolute atomic E-state index is 0.0113. The van der Waals surface area contributed by atoms with Gasteiger partial charge in [-0.25, -0.2) is 4.98 Å². The zero-order valence-electron chi connectivity index (χ0n) is 17.8. The van der Waals surface area contributed by atoms with Crippen LogP contribution in [0.15, 0.2) is 12.1 Å². The predicted molar refractivity (Wildman–Crippen MR) is 129 cm³/mol. The van der Waals surface area contributed by atoms with Gasteiger partial charge in [-0.2, -0.15) is 5.26 Å². The first-order chi connectivity index (χ1) is 16.1. The summed E-state index contributed by atoms with van der Waals surface area (Å²) in [6.45, 7) is 0. The van der Waals surface area contributed by atoms with Crippen molar-refractivity contribution in [3.05, 3.63) is 27.6 Å². The average molecular weight is 503 g/mol. The molecule has 11 nitrogen and oxygen atoms in total. The van der Waals surface area contributed by atoms with Crippen molar-refractivity contribution in [2.75, 3.05) is 23.9 Å². The van der Waals surface area contributed by atoms with Gasteiger partial charge in [0.15, 0.2) is 0 Å². The van der Waals surface area contributed by atoms with Gasteiger partial charge in [0.1, 0.15) is 37.9 Å². The van der Waals surface area contributed by atoms with E-state index in [1.54, 1.807) is 6.07 Å². The number of ether oxygens (including phenoxy) is 1. The molecule has 3 rings (SSSR count). The number of carbonyl (C=O) groups is 3. The van der Waals surface area contributed by atoms with Gasteiger partial charge in [-0.1, -0.05) is 11.6 Å². The molecule has 0 aliphatic heterocycles. The molecule has 8 N–H and O–H groups in total. The van der Waals surface area contributed by atoms with Gasteiger partial charge >= 0.3 is 5.97 Å². The number of benzene rings is 1. The standard InChI is InChI=1S/C21H19ClN6O5S/c1-33-10-6-5-8(17(15(10)22)27-11(29)3-2-4-12(30)31)13-9(7-23)19(25)28-21-14(13)16(24)18(34-21)20(26)32/h5-6H,2-4,24H2,1H3,(H2,25,28)(H2,26,32)(H,27,29)(H,30,31). The van der Waals surface area contributed by atoms with Crippen molar-refractivity contribution < 1.29 is 24.2 Å². The lowest BCUT2D eigenvalue weighted by atomic mass is 9.95. The molecular weight excluding hydrogens is 484 g/mol. The van der Waals surface area contributed by atoms with Crippen molar-refractivity contribution >= 4 is 68.1 Å². The molecule has 1 aromatic carbocycles. The lowest BCUT2D eigenvalue weighted by Crippen LogP contribution is -2.14. The Hall–Kier alpha value is -4.08. The van der Waals surface area contributed by atoms with Crippen LogP contribution in [0.3, 0.4) is 0 Å². The number of thiophene rings is 1. The first-order valence-electron chi connectivity index (χ1n) is 9.70. The van der Waals surface area contributed by atoms with Crippen LogP contribution >= 0.6 is 22.9 Å². The Morgan fingerprint density at radius 3 is 2.59 bits per heavy atom. The second-order valence-corrected chi connectivity index (χ2v) is 8.42. The minimum atomic E-state index is -1.03. The van der Waals surface area contributed by atoms with Gasteiger partial charge in [0.2, 0.25) is 5.91 Å². The number of methoxy groups -OCH3 is 1. The van der Waals surface area contributed by atoms with Gasteiger partial charge in [-0.15, -0.1) is 11.3 Å². The summed E-state index contributed by atoms with van der Waals surface area (Å²) in [6, 6.07) is 5.06. The third-order valence-electron chi connectivity index (χ3n) is 4.89. The van der Waals surface area contributed by atoms with E-state index in [2.05, 4.69) is 10.3 Å². The van der Waals surface area contributed by atoms with E-state index in [0.29, 0.717) is 0 Å². The number of hydrogen-bond acceptors (Lipinski definition) is 9. The summed E-state index contributed by atoms with van der Waals surface area (Å²) in [5.41, 5.74) is 18.2. The van der Waals surface area contributed by atoms with Crippen LogP contribution in [0.4, 0.5) is 17.2 Å². The van der Waals surface area contributed by atoms with Crippen LogP contribution in [0.5, 0.6) is 5.75 Å². The van der Waals surface area contributed by atoms with Crippen LogP contribution in [0.1, 0.15) is 34.5 Å². The van der Waals surface area contributed by atoms with Gasteiger partial charge < -0.3 is 32.4 Å². The van der Waals surface area contributed by atoms with Crippen LogP contribution in [0, 0.1) is 11.3 Å². The number of aromatic nitrogens is 1. The van der Waals surface area contributed by atoms with Gasteiger partial charge in [-0.05, 0) is 18.6 Å².